The Morgan fingerprint density at radius 2 is 1.96 bits per heavy atom. The van der Waals surface area contributed by atoms with E-state index < -0.39 is 6.04 Å². The molecule has 3 rings (SSSR count). The molecule has 1 aliphatic carbocycles. The van der Waals surface area contributed by atoms with Crippen molar-refractivity contribution >= 4 is 11.7 Å². The molecule has 1 amide bonds. The molecule has 1 unspecified atom stereocenters. The van der Waals surface area contributed by atoms with Gasteiger partial charge in [-0.15, -0.1) is 0 Å². The summed E-state index contributed by atoms with van der Waals surface area (Å²) in [6.07, 6.45) is 8.72. The number of ketones is 1. The number of hydrogen-bond donors (Lipinski definition) is 1. The molecule has 1 aromatic carbocycles. The van der Waals surface area contributed by atoms with Crippen LogP contribution in [0.3, 0.4) is 0 Å². The van der Waals surface area contributed by atoms with Crippen LogP contribution in [0, 0.1) is 5.92 Å². The Morgan fingerprint density at radius 1 is 1.25 bits per heavy atom. The molecule has 2 aromatic rings. The average Bonchev–Trinajstić information content (AvgIpc) is 3.26. The second-order valence-corrected chi connectivity index (χ2v) is 6.50. The number of aryl methyl sites for hydroxylation is 1. The maximum absolute atomic E-state index is 12.9. The molecule has 1 N–H and O–H groups in total. The maximum atomic E-state index is 12.9. The van der Waals surface area contributed by atoms with E-state index in [4.69, 9.17) is 0 Å². The van der Waals surface area contributed by atoms with E-state index in [0.29, 0.717) is 23.7 Å². The summed E-state index contributed by atoms with van der Waals surface area (Å²) in [6.45, 7) is 0. The van der Waals surface area contributed by atoms with Crippen molar-refractivity contribution in [1.29, 1.82) is 0 Å². The number of aromatic nitrogens is 2. The first-order chi connectivity index (χ1) is 11.6. The SMILES string of the molecule is Cn1ccnc1C(=O)C(CC1CCCC1)NC(=O)c1ccccc1. The number of benzene rings is 1. The molecular weight excluding hydrogens is 302 g/mol. The third-order valence-corrected chi connectivity index (χ3v) is 4.74. The Balaban J connectivity index is 1.77. The summed E-state index contributed by atoms with van der Waals surface area (Å²) in [6, 6.07) is 8.50. The van der Waals surface area contributed by atoms with E-state index in [0.717, 1.165) is 12.8 Å². The van der Waals surface area contributed by atoms with Crippen LogP contribution in [0.4, 0.5) is 0 Å². The first kappa shape index (κ1) is 16.4. The third kappa shape index (κ3) is 3.72. The minimum atomic E-state index is -0.526. The van der Waals surface area contributed by atoms with Gasteiger partial charge in [0.2, 0.25) is 5.78 Å². The molecular formula is C19H23N3O2. The number of carbonyl (C=O) groups is 2. The fourth-order valence-corrected chi connectivity index (χ4v) is 3.40. The van der Waals surface area contributed by atoms with Crippen LogP contribution in [-0.2, 0) is 7.05 Å². The number of nitrogens with zero attached hydrogens (tertiary/aromatic N) is 2. The summed E-state index contributed by atoms with van der Waals surface area (Å²) < 4.78 is 1.71. The molecule has 1 aromatic heterocycles. The molecule has 1 aliphatic rings. The monoisotopic (exact) mass is 325 g/mol. The lowest BCUT2D eigenvalue weighted by Gasteiger charge is -2.21. The van der Waals surface area contributed by atoms with Gasteiger partial charge in [0.15, 0.2) is 5.82 Å². The quantitative estimate of drug-likeness (QED) is 0.831. The van der Waals surface area contributed by atoms with Crippen molar-refractivity contribution < 1.29 is 9.59 Å². The summed E-state index contributed by atoms with van der Waals surface area (Å²) >= 11 is 0. The molecule has 1 atom stereocenters. The first-order valence-corrected chi connectivity index (χ1v) is 8.52. The molecule has 1 heterocycles. The zero-order chi connectivity index (χ0) is 16.9. The van der Waals surface area contributed by atoms with Crippen LogP contribution in [0.25, 0.3) is 0 Å². The number of carbonyl (C=O) groups excluding carboxylic acids is 2. The van der Waals surface area contributed by atoms with Gasteiger partial charge in [0.05, 0.1) is 6.04 Å². The van der Waals surface area contributed by atoms with Gasteiger partial charge >= 0.3 is 0 Å². The summed E-state index contributed by atoms with van der Waals surface area (Å²) in [5.41, 5.74) is 0.571. The van der Waals surface area contributed by atoms with Crippen LogP contribution in [0.5, 0.6) is 0 Å². The fraction of sp³-hybridized carbons (Fsp3) is 0.421. The number of amides is 1. The number of rotatable bonds is 6. The molecule has 24 heavy (non-hydrogen) atoms. The van der Waals surface area contributed by atoms with E-state index in [1.807, 2.05) is 18.2 Å². The van der Waals surface area contributed by atoms with Gasteiger partial charge in [0.25, 0.3) is 5.91 Å². The molecule has 0 bridgehead atoms. The number of Topliss-reactive ketones (excluding diaryl/α,β-unsaturated/α-hetero) is 1. The fourth-order valence-electron chi connectivity index (χ4n) is 3.40. The summed E-state index contributed by atoms with van der Waals surface area (Å²) in [7, 11) is 1.80. The van der Waals surface area contributed by atoms with E-state index >= 15 is 0 Å². The maximum Gasteiger partial charge on any atom is 0.251 e. The third-order valence-electron chi connectivity index (χ3n) is 4.74. The summed E-state index contributed by atoms with van der Waals surface area (Å²) in [5, 5.41) is 2.93. The molecule has 0 saturated heterocycles. The van der Waals surface area contributed by atoms with Crippen LogP contribution >= 0.6 is 0 Å². The van der Waals surface area contributed by atoms with E-state index in [1.54, 1.807) is 36.1 Å². The minimum Gasteiger partial charge on any atom is -0.342 e. The van der Waals surface area contributed by atoms with Crippen molar-refractivity contribution in [2.75, 3.05) is 0 Å². The topological polar surface area (TPSA) is 64.0 Å². The Labute approximate surface area is 142 Å². The molecule has 0 radical (unpaired) electrons. The second-order valence-electron chi connectivity index (χ2n) is 6.50. The Kier molecular flexibility index (Phi) is 5.08. The highest BCUT2D eigenvalue weighted by Crippen LogP contribution is 2.29. The molecule has 5 heteroatoms. The Morgan fingerprint density at radius 3 is 2.58 bits per heavy atom. The molecule has 126 valence electrons. The lowest BCUT2D eigenvalue weighted by Crippen LogP contribution is -2.42. The van der Waals surface area contributed by atoms with Gasteiger partial charge in [-0.2, -0.15) is 0 Å². The molecule has 0 aliphatic heterocycles. The highest BCUT2D eigenvalue weighted by molar-refractivity contribution is 6.02. The first-order valence-electron chi connectivity index (χ1n) is 8.52. The van der Waals surface area contributed by atoms with Gasteiger partial charge in [-0.25, -0.2) is 4.98 Å². The normalized spacial score (nSPS) is 16.0. The lowest BCUT2D eigenvalue weighted by molar-refractivity contribution is 0.0835. The smallest absolute Gasteiger partial charge is 0.251 e. The molecule has 0 spiro atoms. The largest absolute Gasteiger partial charge is 0.342 e. The van der Waals surface area contributed by atoms with Gasteiger partial charge < -0.3 is 9.88 Å². The van der Waals surface area contributed by atoms with Crippen molar-refractivity contribution in [3.8, 4) is 0 Å². The van der Waals surface area contributed by atoms with Gasteiger partial charge in [-0.05, 0) is 24.5 Å². The van der Waals surface area contributed by atoms with E-state index in [1.165, 1.54) is 12.8 Å². The van der Waals surface area contributed by atoms with Gasteiger partial charge in [-0.3, -0.25) is 9.59 Å². The highest BCUT2D eigenvalue weighted by Gasteiger charge is 2.29. The van der Waals surface area contributed by atoms with Crippen LogP contribution in [0.1, 0.15) is 53.1 Å². The van der Waals surface area contributed by atoms with Crippen LogP contribution in [0.15, 0.2) is 42.7 Å². The predicted octanol–water partition coefficient (Wildman–Crippen LogP) is 2.98. The van der Waals surface area contributed by atoms with E-state index in [9.17, 15) is 9.59 Å². The number of imidazole rings is 1. The molecule has 1 fully saturated rings. The minimum absolute atomic E-state index is 0.112. The highest BCUT2D eigenvalue weighted by atomic mass is 16.2. The number of nitrogens with one attached hydrogen (secondary N) is 1. The molecule has 1 saturated carbocycles. The summed E-state index contributed by atoms with van der Waals surface area (Å²) in [5.74, 6) is 0.571. The zero-order valence-electron chi connectivity index (χ0n) is 13.9. The van der Waals surface area contributed by atoms with Crippen LogP contribution in [-0.4, -0.2) is 27.3 Å². The van der Waals surface area contributed by atoms with Gasteiger partial charge in [0, 0.05) is 25.0 Å². The predicted molar refractivity (Wildman–Crippen MR) is 91.8 cm³/mol. The summed E-state index contributed by atoms with van der Waals surface area (Å²) in [4.78, 5) is 29.5. The van der Waals surface area contributed by atoms with Crippen molar-refractivity contribution in [2.24, 2.45) is 13.0 Å². The standard InChI is InChI=1S/C19H23N3O2/c1-22-12-11-20-18(22)17(23)16(13-14-7-5-6-8-14)21-19(24)15-9-3-2-4-10-15/h2-4,9-12,14,16H,5-8,13H2,1H3,(H,21,24). The zero-order valence-corrected chi connectivity index (χ0v) is 13.9. The van der Waals surface area contributed by atoms with E-state index in [-0.39, 0.29) is 11.7 Å². The van der Waals surface area contributed by atoms with Crippen molar-refractivity contribution in [3.63, 3.8) is 0 Å². The average molecular weight is 325 g/mol. The van der Waals surface area contributed by atoms with E-state index in [2.05, 4.69) is 10.3 Å². The van der Waals surface area contributed by atoms with Gasteiger partial charge in [-0.1, -0.05) is 43.9 Å². The number of hydrogen-bond acceptors (Lipinski definition) is 3. The van der Waals surface area contributed by atoms with Gasteiger partial charge in [0.1, 0.15) is 0 Å². The second kappa shape index (κ2) is 7.43. The lowest BCUT2D eigenvalue weighted by atomic mass is 9.95. The van der Waals surface area contributed by atoms with Crippen molar-refractivity contribution in [1.82, 2.24) is 14.9 Å². The van der Waals surface area contributed by atoms with Crippen LogP contribution < -0.4 is 5.32 Å². The Hall–Kier alpha value is -2.43. The molecule has 5 nitrogen and oxygen atoms in total. The van der Waals surface area contributed by atoms with Crippen molar-refractivity contribution in [3.05, 3.63) is 54.1 Å². The Bertz CT molecular complexity index is 702. The van der Waals surface area contributed by atoms with Crippen LogP contribution in [0.2, 0.25) is 0 Å². The van der Waals surface area contributed by atoms with Crippen molar-refractivity contribution in [2.45, 2.75) is 38.1 Å².